The van der Waals surface area contributed by atoms with Gasteiger partial charge in [-0.15, -0.1) is 0 Å². The molecule has 32 heavy (non-hydrogen) atoms. The predicted octanol–water partition coefficient (Wildman–Crippen LogP) is 3.16. The van der Waals surface area contributed by atoms with Crippen molar-refractivity contribution in [3.05, 3.63) is 56.9 Å². The first-order chi connectivity index (χ1) is 15.4. The number of carbonyl (C=O) groups is 2. The largest absolute Gasteiger partial charge is 0.382 e. The van der Waals surface area contributed by atoms with Crippen LogP contribution in [0, 0.1) is 11.3 Å². The van der Waals surface area contributed by atoms with E-state index in [0.29, 0.717) is 70.8 Å². The van der Waals surface area contributed by atoms with E-state index < -0.39 is 0 Å². The van der Waals surface area contributed by atoms with Crippen molar-refractivity contribution in [3.63, 3.8) is 0 Å². The van der Waals surface area contributed by atoms with Crippen LogP contribution in [-0.2, 0) is 11.2 Å². The Balaban J connectivity index is 1.64. The highest BCUT2D eigenvalue weighted by Gasteiger charge is 2.32. The third-order valence-corrected chi connectivity index (χ3v) is 6.43. The molecule has 1 atom stereocenters. The zero-order chi connectivity index (χ0) is 22.8. The maximum Gasteiger partial charge on any atom is 0.254 e. The highest BCUT2D eigenvalue weighted by Crippen LogP contribution is 2.29. The van der Waals surface area contributed by atoms with Crippen molar-refractivity contribution in [1.29, 1.82) is 5.41 Å². The molecule has 3 N–H and O–H groups in total. The molecular weight excluding hydrogens is 453 g/mol. The van der Waals surface area contributed by atoms with Crippen molar-refractivity contribution in [2.45, 2.75) is 19.8 Å². The number of rotatable bonds is 3. The zero-order valence-electron chi connectivity index (χ0n) is 17.5. The number of nitrogens with zero attached hydrogens (tertiary/aromatic N) is 2. The summed E-state index contributed by atoms with van der Waals surface area (Å²) in [4.78, 5) is 27.2. The topological polar surface area (TPSA) is 111 Å². The van der Waals surface area contributed by atoms with Crippen LogP contribution in [0.2, 0.25) is 10.0 Å². The van der Waals surface area contributed by atoms with Crippen LogP contribution >= 0.6 is 23.2 Å². The van der Waals surface area contributed by atoms with Gasteiger partial charge in [0.05, 0.1) is 21.7 Å². The van der Waals surface area contributed by atoms with E-state index in [1.54, 1.807) is 29.4 Å². The zero-order valence-corrected chi connectivity index (χ0v) is 19.0. The number of aromatic nitrogens is 1. The van der Waals surface area contributed by atoms with Gasteiger partial charge in [-0.25, -0.2) is 0 Å². The maximum atomic E-state index is 13.1. The Morgan fingerprint density at radius 1 is 1.34 bits per heavy atom. The third kappa shape index (κ3) is 4.38. The van der Waals surface area contributed by atoms with Gasteiger partial charge in [-0.05, 0) is 31.5 Å². The van der Waals surface area contributed by atoms with Crippen molar-refractivity contribution in [2.24, 2.45) is 5.92 Å². The molecule has 3 heterocycles. The van der Waals surface area contributed by atoms with E-state index in [9.17, 15) is 9.59 Å². The Kier molecular flexibility index (Phi) is 6.53. The smallest absolute Gasteiger partial charge is 0.254 e. The van der Waals surface area contributed by atoms with Gasteiger partial charge in [-0.2, -0.15) is 0 Å². The molecule has 2 aromatic rings. The highest BCUT2D eigenvalue weighted by atomic mass is 35.5. The van der Waals surface area contributed by atoms with E-state index in [-0.39, 0.29) is 24.3 Å². The molecule has 0 saturated carbocycles. The first-order valence-corrected chi connectivity index (χ1v) is 11.1. The van der Waals surface area contributed by atoms with Gasteiger partial charge in [0.25, 0.3) is 5.91 Å². The summed E-state index contributed by atoms with van der Waals surface area (Å²) in [7, 11) is 0. The SMILES string of the molecule is CCNC(=O)C1CN/C(=C2/CN(C(=O)c3ccc(Cl)c(Cl)c3)CCC2=N)c2nocc2C1. The van der Waals surface area contributed by atoms with Gasteiger partial charge in [-0.1, -0.05) is 28.4 Å². The van der Waals surface area contributed by atoms with Crippen molar-refractivity contribution < 1.29 is 14.1 Å². The number of halogens is 2. The molecule has 1 aromatic heterocycles. The lowest BCUT2D eigenvalue weighted by Crippen LogP contribution is -2.41. The Labute approximate surface area is 195 Å². The van der Waals surface area contributed by atoms with E-state index in [1.807, 2.05) is 6.92 Å². The van der Waals surface area contributed by atoms with E-state index in [0.717, 1.165) is 5.56 Å². The second-order valence-corrected chi connectivity index (χ2v) is 8.62. The number of hydrogen-bond acceptors (Lipinski definition) is 6. The monoisotopic (exact) mass is 475 g/mol. The molecule has 1 unspecified atom stereocenters. The molecule has 2 amide bonds. The molecule has 2 aliphatic rings. The van der Waals surface area contributed by atoms with Crippen molar-refractivity contribution in [1.82, 2.24) is 20.7 Å². The second kappa shape index (κ2) is 9.34. The lowest BCUT2D eigenvalue weighted by Gasteiger charge is -2.31. The molecule has 1 aromatic carbocycles. The molecule has 0 aliphatic carbocycles. The molecule has 2 aliphatic heterocycles. The number of hydrogen-bond donors (Lipinski definition) is 3. The number of carbonyl (C=O) groups excluding carboxylic acids is 2. The molecule has 0 spiro atoms. The van der Waals surface area contributed by atoms with Gasteiger partial charge in [0.15, 0.2) is 0 Å². The minimum Gasteiger partial charge on any atom is -0.382 e. The summed E-state index contributed by atoms with van der Waals surface area (Å²) in [6.07, 6.45) is 2.43. The van der Waals surface area contributed by atoms with Gasteiger partial charge in [0.2, 0.25) is 5.91 Å². The number of benzene rings is 1. The lowest BCUT2D eigenvalue weighted by molar-refractivity contribution is -0.124. The standard InChI is InChI=1S/C22H23Cl2N5O3/c1-2-26-21(30)13-7-14-11-32-28-19(14)20(27-9-13)15-10-29(6-5-18(15)25)22(31)12-3-4-16(23)17(24)8-12/h3-4,8,11,13,25,27H,2,5-7,9-10H2,1H3,(H,26,30)/b20-15-,25-18?. The summed E-state index contributed by atoms with van der Waals surface area (Å²) in [6.45, 7) is 3.48. The lowest BCUT2D eigenvalue weighted by atomic mass is 9.96. The quantitative estimate of drug-likeness (QED) is 0.631. The van der Waals surface area contributed by atoms with Crippen molar-refractivity contribution in [3.8, 4) is 0 Å². The Morgan fingerprint density at radius 3 is 2.91 bits per heavy atom. The van der Waals surface area contributed by atoms with E-state index in [1.165, 1.54) is 0 Å². The fraction of sp³-hybridized carbons (Fsp3) is 0.364. The van der Waals surface area contributed by atoms with Gasteiger partial charge in [0, 0.05) is 55.0 Å². The maximum absolute atomic E-state index is 13.1. The number of amides is 2. The molecule has 168 valence electrons. The summed E-state index contributed by atoms with van der Waals surface area (Å²) in [6, 6.07) is 4.79. The first-order valence-electron chi connectivity index (χ1n) is 10.4. The highest BCUT2D eigenvalue weighted by molar-refractivity contribution is 6.42. The minimum absolute atomic E-state index is 0.0476. The van der Waals surface area contributed by atoms with Crippen LogP contribution in [0.1, 0.15) is 35.0 Å². The van der Waals surface area contributed by atoms with Gasteiger partial charge < -0.3 is 25.5 Å². The minimum atomic E-state index is -0.294. The number of fused-ring (bicyclic) bond motifs is 1. The Hall–Kier alpha value is -2.84. The summed E-state index contributed by atoms with van der Waals surface area (Å²) >= 11 is 12.1. The average Bonchev–Trinajstić information content (AvgIpc) is 3.16. The first kappa shape index (κ1) is 22.4. The van der Waals surface area contributed by atoms with Gasteiger partial charge in [0.1, 0.15) is 12.0 Å². The fourth-order valence-electron chi connectivity index (χ4n) is 3.99. The van der Waals surface area contributed by atoms with Crippen LogP contribution < -0.4 is 10.6 Å². The Morgan fingerprint density at radius 2 is 2.16 bits per heavy atom. The molecule has 4 rings (SSSR count). The molecule has 0 radical (unpaired) electrons. The molecule has 10 heteroatoms. The summed E-state index contributed by atoms with van der Waals surface area (Å²) in [5.41, 5.74) is 3.55. The van der Waals surface area contributed by atoms with Crippen LogP contribution in [0.5, 0.6) is 0 Å². The number of piperidine rings is 1. The van der Waals surface area contributed by atoms with Crippen LogP contribution in [0.25, 0.3) is 5.70 Å². The fourth-order valence-corrected chi connectivity index (χ4v) is 4.28. The molecule has 1 saturated heterocycles. The van der Waals surface area contributed by atoms with E-state index in [2.05, 4.69) is 15.8 Å². The summed E-state index contributed by atoms with van der Waals surface area (Å²) in [5.74, 6) is -0.533. The predicted molar refractivity (Wildman–Crippen MR) is 122 cm³/mol. The van der Waals surface area contributed by atoms with Gasteiger partial charge >= 0.3 is 0 Å². The van der Waals surface area contributed by atoms with Crippen LogP contribution in [0.4, 0.5) is 0 Å². The van der Waals surface area contributed by atoms with Crippen molar-refractivity contribution >= 4 is 46.4 Å². The number of likely N-dealkylation sites (tertiary alicyclic amines) is 1. The summed E-state index contributed by atoms with van der Waals surface area (Å²) in [5, 5.41) is 19.5. The van der Waals surface area contributed by atoms with Crippen LogP contribution in [-0.4, -0.2) is 53.8 Å². The van der Waals surface area contributed by atoms with Crippen LogP contribution in [0.3, 0.4) is 0 Å². The van der Waals surface area contributed by atoms with Crippen molar-refractivity contribution in [2.75, 3.05) is 26.2 Å². The van der Waals surface area contributed by atoms with E-state index >= 15 is 0 Å². The second-order valence-electron chi connectivity index (χ2n) is 7.80. The molecular formula is C22H23Cl2N5O3. The van der Waals surface area contributed by atoms with Crippen LogP contribution in [0.15, 0.2) is 34.6 Å². The van der Waals surface area contributed by atoms with E-state index in [4.69, 9.17) is 33.1 Å². The van der Waals surface area contributed by atoms with Gasteiger partial charge in [-0.3, -0.25) is 9.59 Å². The summed E-state index contributed by atoms with van der Waals surface area (Å²) < 4.78 is 5.20. The number of nitrogens with one attached hydrogen (secondary N) is 3. The molecule has 0 bridgehead atoms. The molecule has 8 nitrogen and oxygen atoms in total. The normalized spacial score (nSPS) is 20.9. The molecule has 1 fully saturated rings. The third-order valence-electron chi connectivity index (χ3n) is 5.69. The average molecular weight is 476 g/mol. The Bertz CT molecular complexity index is 1110.